The zero-order chi connectivity index (χ0) is 24.8. The Hall–Kier alpha value is -3.32. The molecular weight excluding hydrogens is 460 g/mol. The molecule has 1 aliphatic rings. The van der Waals surface area contributed by atoms with Crippen molar-refractivity contribution in [2.45, 2.75) is 51.1 Å². The standard InChI is InChI=1S/C28H32N2O4S/c1-19-9-4-7-13-23(19)30(26(31)18-22-12-8-16-35-22)27(28(32)29-21-10-5-6-11-21)20-14-15-24(33-2)25(17-20)34-3/h4,7-9,12-17,21,27H,5-6,10-11,18H2,1-3H3,(H,29,32)/t27-/m0/s1. The van der Waals surface area contributed by atoms with Gasteiger partial charge in [-0.25, -0.2) is 0 Å². The molecule has 1 atom stereocenters. The van der Waals surface area contributed by atoms with Gasteiger partial charge in [0.2, 0.25) is 11.8 Å². The Labute approximate surface area is 210 Å². The van der Waals surface area contributed by atoms with Crippen molar-refractivity contribution in [1.29, 1.82) is 0 Å². The van der Waals surface area contributed by atoms with Gasteiger partial charge in [0.25, 0.3) is 0 Å². The molecule has 0 spiro atoms. The van der Waals surface area contributed by atoms with Gasteiger partial charge in [0, 0.05) is 16.6 Å². The van der Waals surface area contributed by atoms with Crippen LogP contribution in [0.2, 0.25) is 0 Å². The monoisotopic (exact) mass is 492 g/mol. The molecule has 0 saturated heterocycles. The van der Waals surface area contributed by atoms with Crippen LogP contribution in [0.1, 0.15) is 47.7 Å². The highest BCUT2D eigenvalue weighted by Crippen LogP contribution is 2.36. The number of anilines is 1. The van der Waals surface area contributed by atoms with E-state index in [1.54, 1.807) is 31.3 Å². The molecular formula is C28H32N2O4S. The number of carbonyl (C=O) groups is 2. The molecule has 6 nitrogen and oxygen atoms in total. The van der Waals surface area contributed by atoms with E-state index < -0.39 is 6.04 Å². The quantitative estimate of drug-likeness (QED) is 0.431. The molecule has 0 bridgehead atoms. The van der Waals surface area contributed by atoms with E-state index >= 15 is 0 Å². The Morgan fingerprint density at radius 3 is 2.43 bits per heavy atom. The van der Waals surface area contributed by atoms with Gasteiger partial charge in [-0.15, -0.1) is 11.3 Å². The molecule has 2 aromatic carbocycles. The van der Waals surface area contributed by atoms with Gasteiger partial charge in [-0.05, 0) is 60.5 Å². The summed E-state index contributed by atoms with van der Waals surface area (Å²) in [5.41, 5.74) is 2.31. The van der Waals surface area contributed by atoms with Crippen molar-refractivity contribution in [3.8, 4) is 11.5 Å². The number of hydrogen-bond acceptors (Lipinski definition) is 5. The van der Waals surface area contributed by atoms with Crippen molar-refractivity contribution >= 4 is 28.8 Å². The van der Waals surface area contributed by atoms with Gasteiger partial charge in [0.05, 0.1) is 20.6 Å². The van der Waals surface area contributed by atoms with Crippen LogP contribution in [0.4, 0.5) is 5.69 Å². The number of thiophene rings is 1. The zero-order valence-corrected chi connectivity index (χ0v) is 21.3. The van der Waals surface area contributed by atoms with Gasteiger partial charge < -0.3 is 14.8 Å². The van der Waals surface area contributed by atoms with Gasteiger partial charge in [-0.1, -0.05) is 43.2 Å². The van der Waals surface area contributed by atoms with Gasteiger partial charge in [-0.2, -0.15) is 0 Å². The highest BCUT2D eigenvalue weighted by molar-refractivity contribution is 7.10. The van der Waals surface area contributed by atoms with Crippen LogP contribution >= 0.6 is 11.3 Å². The smallest absolute Gasteiger partial charge is 0.248 e. The van der Waals surface area contributed by atoms with Crippen LogP contribution in [-0.2, 0) is 16.0 Å². The molecule has 1 saturated carbocycles. The third-order valence-corrected chi connectivity index (χ3v) is 7.36. The average molecular weight is 493 g/mol. The Bertz CT molecular complexity index is 1160. The second kappa shape index (κ2) is 11.4. The lowest BCUT2D eigenvalue weighted by Gasteiger charge is -2.33. The molecule has 2 amide bonds. The summed E-state index contributed by atoms with van der Waals surface area (Å²) >= 11 is 1.54. The molecule has 1 N–H and O–H groups in total. The SMILES string of the molecule is COc1ccc([C@@H](C(=O)NC2CCCC2)N(C(=O)Cc2cccs2)c2ccccc2C)cc1OC. The van der Waals surface area contributed by atoms with E-state index in [9.17, 15) is 9.59 Å². The van der Waals surface area contributed by atoms with E-state index in [1.165, 1.54) is 11.3 Å². The first-order valence-electron chi connectivity index (χ1n) is 11.9. The first-order valence-corrected chi connectivity index (χ1v) is 12.8. The molecule has 7 heteroatoms. The molecule has 0 aliphatic heterocycles. The number of hydrogen-bond donors (Lipinski definition) is 1. The molecule has 4 rings (SSSR count). The summed E-state index contributed by atoms with van der Waals surface area (Å²) in [4.78, 5) is 30.4. The van der Waals surface area contributed by atoms with Crippen LogP contribution in [0.5, 0.6) is 11.5 Å². The van der Waals surface area contributed by atoms with Crippen LogP contribution in [0.15, 0.2) is 60.0 Å². The number of aryl methyl sites for hydroxylation is 1. The lowest BCUT2D eigenvalue weighted by atomic mass is 10.00. The number of rotatable bonds is 9. The Morgan fingerprint density at radius 2 is 1.77 bits per heavy atom. The van der Waals surface area contributed by atoms with Crippen molar-refractivity contribution in [1.82, 2.24) is 5.32 Å². The molecule has 1 aliphatic carbocycles. The summed E-state index contributed by atoms with van der Waals surface area (Å²) in [5.74, 6) is 0.757. The molecule has 35 heavy (non-hydrogen) atoms. The van der Waals surface area contributed by atoms with E-state index in [2.05, 4.69) is 5.32 Å². The minimum atomic E-state index is -0.857. The highest BCUT2D eigenvalue weighted by atomic mass is 32.1. The molecule has 3 aromatic rings. The van der Waals surface area contributed by atoms with Crippen LogP contribution in [0.3, 0.4) is 0 Å². The molecule has 1 heterocycles. The first kappa shape index (κ1) is 24.8. The third-order valence-electron chi connectivity index (χ3n) is 6.48. The number of nitrogens with one attached hydrogen (secondary N) is 1. The number of benzene rings is 2. The fourth-order valence-corrected chi connectivity index (χ4v) is 5.39. The van der Waals surface area contributed by atoms with Crippen molar-refractivity contribution < 1.29 is 19.1 Å². The Morgan fingerprint density at radius 1 is 1.03 bits per heavy atom. The molecule has 0 unspecified atom stereocenters. The van der Waals surface area contributed by atoms with Gasteiger partial charge in [0.1, 0.15) is 6.04 Å². The number of methoxy groups -OCH3 is 2. The van der Waals surface area contributed by atoms with Crippen LogP contribution in [-0.4, -0.2) is 32.1 Å². The maximum Gasteiger partial charge on any atom is 0.248 e. The van der Waals surface area contributed by atoms with Crippen molar-refractivity contribution in [3.05, 3.63) is 76.0 Å². The van der Waals surface area contributed by atoms with E-state index in [0.29, 0.717) is 17.1 Å². The predicted octanol–water partition coefficient (Wildman–Crippen LogP) is 5.45. The summed E-state index contributed by atoms with van der Waals surface area (Å²) in [7, 11) is 3.14. The van der Waals surface area contributed by atoms with Gasteiger partial charge in [-0.3, -0.25) is 14.5 Å². The number of para-hydroxylation sites is 1. The van der Waals surface area contributed by atoms with E-state index in [4.69, 9.17) is 9.47 Å². The van der Waals surface area contributed by atoms with Crippen molar-refractivity contribution in [3.63, 3.8) is 0 Å². The summed E-state index contributed by atoms with van der Waals surface area (Å²) < 4.78 is 11.0. The van der Waals surface area contributed by atoms with Crippen LogP contribution in [0, 0.1) is 6.92 Å². The molecule has 184 valence electrons. The summed E-state index contributed by atoms with van der Waals surface area (Å²) in [5, 5.41) is 5.18. The topological polar surface area (TPSA) is 67.9 Å². The Kier molecular flexibility index (Phi) is 8.08. The second-order valence-corrected chi connectivity index (χ2v) is 9.85. The predicted molar refractivity (Wildman–Crippen MR) is 139 cm³/mol. The zero-order valence-electron chi connectivity index (χ0n) is 20.5. The number of ether oxygens (including phenoxy) is 2. The number of amides is 2. The van der Waals surface area contributed by atoms with E-state index in [0.717, 1.165) is 41.8 Å². The second-order valence-electron chi connectivity index (χ2n) is 8.81. The lowest BCUT2D eigenvalue weighted by molar-refractivity contribution is -0.127. The lowest BCUT2D eigenvalue weighted by Crippen LogP contribution is -2.47. The number of nitrogens with zero attached hydrogens (tertiary/aromatic N) is 1. The van der Waals surface area contributed by atoms with E-state index in [1.807, 2.05) is 54.8 Å². The minimum Gasteiger partial charge on any atom is -0.493 e. The van der Waals surface area contributed by atoms with Crippen molar-refractivity contribution in [2.24, 2.45) is 0 Å². The number of carbonyl (C=O) groups excluding carboxylic acids is 2. The van der Waals surface area contributed by atoms with Gasteiger partial charge in [0.15, 0.2) is 11.5 Å². The third kappa shape index (κ3) is 5.68. The largest absolute Gasteiger partial charge is 0.493 e. The maximum absolute atomic E-state index is 13.9. The summed E-state index contributed by atoms with van der Waals surface area (Å²) in [6.07, 6.45) is 4.33. The first-order chi connectivity index (χ1) is 17.0. The fourth-order valence-electron chi connectivity index (χ4n) is 4.69. The van der Waals surface area contributed by atoms with Crippen LogP contribution in [0.25, 0.3) is 0 Å². The van der Waals surface area contributed by atoms with Crippen LogP contribution < -0.4 is 19.7 Å². The summed E-state index contributed by atoms with van der Waals surface area (Å²) in [6, 6.07) is 16.3. The summed E-state index contributed by atoms with van der Waals surface area (Å²) in [6.45, 7) is 1.96. The average Bonchev–Trinajstić information content (AvgIpc) is 3.57. The molecule has 1 fully saturated rings. The van der Waals surface area contributed by atoms with Gasteiger partial charge >= 0.3 is 0 Å². The highest BCUT2D eigenvalue weighted by Gasteiger charge is 2.35. The molecule has 1 aromatic heterocycles. The van der Waals surface area contributed by atoms with Crippen molar-refractivity contribution in [2.75, 3.05) is 19.1 Å². The minimum absolute atomic E-state index is 0.122. The van der Waals surface area contributed by atoms with E-state index in [-0.39, 0.29) is 24.3 Å². The normalized spacial score (nSPS) is 14.4. The maximum atomic E-state index is 13.9. The fraction of sp³-hybridized carbons (Fsp3) is 0.357. The molecule has 0 radical (unpaired) electrons. The Balaban J connectivity index is 1.82.